The topological polar surface area (TPSA) is 38.8 Å². The minimum absolute atomic E-state index is 0.0713. The van der Waals surface area contributed by atoms with Crippen LogP contribution in [0.4, 0.5) is 0 Å². The number of carbonyl (C=O) groups is 1. The SMILES string of the molecule is CC1c2cc3c(cc2CCN1C(=O)Cc1cccs1)OCCO3. The highest BCUT2D eigenvalue weighted by Gasteiger charge is 2.29. The van der Waals surface area contributed by atoms with Crippen molar-refractivity contribution in [2.45, 2.75) is 25.8 Å². The lowest BCUT2D eigenvalue weighted by Gasteiger charge is -2.36. The zero-order chi connectivity index (χ0) is 15.8. The smallest absolute Gasteiger partial charge is 0.228 e. The van der Waals surface area contributed by atoms with E-state index in [1.807, 2.05) is 22.4 Å². The van der Waals surface area contributed by atoms with E-state index in [1.54, 1.807) is 11.3 Å². The average Bonchev–Trinajstić information content (AvgIpc) is 3.06. The summed E-state index contributed by atoms with van der Waals surface area (Å²) >= 11 is 1.64. The predicted octanol–water partition coefficient (Wildman–Crippen LogP) is 3.21. The van der Waals surface area contributed by atoms with E-state index in [2.05, 4.69) is 19.1 Å². The van der Waals surface area contributed by atoms with Crippen molar-refractivity contribution in [2.24, 2.45) is 0 Å². The fraction of sp³-hybridized carbons (Fsp3) is 0.389. The van der Waals surface area contributed by atoms with Crippen LogP contribution in [-0.2, 0) is 17.6 Å². The Bertz CT molecular complexity index is 726. The van der Waals surface area contributed by atoms with E-state index in [1.165, 1.54) is 11.1 Å². The molecule has 0 spiro atoms. The molecular weight excluding hydrogens is 310 g/mol. The van der Waals surface area contributed by atoms with Crippen molar-refractivity contribution in [3.8, 4) is 11.5 Å². The van der Waals surface area contributed by atoms with E-state index in [0.717, 1.165) is 29.3 Å². The molecule has 1 aromatic carbocycles. The van der Waals surface area contributed by atoms with Gasteiger partial charge in [-0.05, 0) is 48.1 Å². The molecule has 120 valence electrons. The van der Waals surface area contributed by atoms with Gasteiger partial charge in [-0.25, -0.2) is 0 Å². The number of hydrogen-bond acceptors (Lipinski definition) is 4. The number of thiophene rings is 1. The highest BCUT2D eigenvalue weighted by Crippen LogP contribution is 2.39. The Morgan fingerprint density at radius 1 is 1.30 bits per heavy atom. The van der Waals surface area contributed by atoms with Crippen molar-refractivity contribution in [3.63, 3.8) is 0 Å². The largest absolute Gasteiger partial charge is 0.486 e. The summed E-state index contributed by atoms with van der Waals surface area (Å²) in [5.41, 5.74) is 2.45. The fourth-order valence-electron chi connectivity index (χ4n) is 3.36. The lowest BCUT2D eigenvalue weighted by Crippen LogP contribution is -2.39. The summed E-state index contributed by atoms with van der Waals surface area (Å²) < 4.78 is 11.4. The molecule has 4 rings (SSSR count). The summed E-state index contributed by atoms with van der Waals surface area (Å²) in [6.07, 6.45) is 1.36. The van der Waals surface area contributed by atoms with Gasteiger partial charge in [0, 0.05) is 11.4 Å². The molecule has 5 heteroatoms. The van der Waals surface area contributed by atoms with Crippen molar-refractivity contribution < 1.29 is 14.3 Å². The van der Waals surface area contributed by atoms with Gasteiger partial charge in [0.1, 0.15) is 13.2 Å². The van der Waals surface area contributed by atoms with Crippen LogP contribution in [0.15, 0.2) is 29.6 Å². The zero-order valence-corrected chi connectivity index (χ0v) is 13.9. The number of ether oxygens (including phenoxy) is 2. The van der Waals surface area contributed by atoms with Gasteiger partial charge in [-0.3, -0.25) is 4.79 Å². The highest BCUT2D eigenvalue weighted by atomic mass is 32.1. The summed E-state index contributed by atoms with van der Waals surface area (Å²) in [6.45, 7) is 4.05. The average molecular weight is 329 g/mol. The maximum atomic E-state index is 12.7. The van der Waals surface area contributed by atoms with Gasteiger partial charge in [-0.2, -0.15) is 0 Å². The van der Waals surface area contributed by atoms with Crippen LogP contribution < -0.4 is 9.47 Å². The number of amides is 1. The number of benzene rings is 1. The van der Waals surface area contributed by atoms with Crippen molar-refractivity contribution in [2.75, 3.05) is 19.8 Å². The van der Waals surface area contributed by atoms with E-state index in [0.29, 0.717) is 19.6 Å². The summed E-state index contributed by atoms with van der Waals surface area (Å²) in [5.74, 6) is 1.83. The van der Waals surface area contributed by atoms with E-state index in [4.69, 9.17) is 9.47 Å². The molecule has 1 unspecified atom stereocenters. The first kappa shape index (κ1) is 14.6. The Hall–Kier alpha value is -2.01. The molecule has 23 heavy (non-hydrogen) atoms. The first-order valence-corrected chi connectivity index (χ1v) is 8.84. The molecule has 2 aromatic rings. The second-order valence-corrected chi connectivity index (χ2v) is 7.00. The Morgan fingerprint density at radius 2 is 2.09 bits per heavy atom. The first-order valence-electron chi connectivity index (χ1n) is 7.96. The molecule has 0 saturated carbocycles. The molecule has 1 amide bonds. The van der Waals surface area contributed by atoms with E-state index in [9.17, 15) is 4.79 Å². The predicted molar refractivity (Wildman–Crippen MR) is 89.3 cm³/mol. The van der Waals surface area contributed by atoms with Crippen molar-refractivity contribution in [1.82, 2.24) is 4.90 Å². The molecule has 3 heterocycles. The molecule has 0 fully saturated rings. The molecule has 0 radical (unpaired) electrons. The number of hydrogen-bond donors (Lipinski definition) is 0. The molecule has 1 atom stereocenters. The van der Waals surface area contributed by atoms with Gasteiger partial charge < -0.3 is 14.4 Å². The monoisotopic (exact) mass is 329 g/mol. The Kier molecular flexibility index (Phi) is 3.73. The van der Waals surface area contributed by atoms with Gasteiger partial charge in [-0.15, -0.1) is 11.3 Å². The van der Waals surface area contributed by atoms with E-state index < -0.39 is 0 Å². The van der Waals surface area contributed by atoms with Gasteiger partial charge in [0.15, 0.2) is 11.5 Å². The molecule has 0 saturated heterocycles. The van der Waals surface area contributed by atoms with Crippen LogP contribution in [0, 0.1) is 0 Å². The minimum Gasteiger partial charge on any atom is -0.486 e. The molecule has 4 nitrogen and oxygen atoms in total. The maximum Gasteiger partial charge on any atom is 0.228 e. The minimum atomic E-state index is 0.0713. The van der Waals surface area contributed by atoms with Crippen LogP contribution in [0.1, 0.15) is 29.0 Å². The number of carbonyl (C=O) groups excluding carboxylic acids is 1. The van der Waals surface area contributed by atoms with Crippen molar-refractivity contribution in [1.29, 1.82) is 0 Å². The summed E-state index contributed by atoms with van der Waals surface area (Å²) in [4.78, 5) is 15.8. The van der Waals surface area contributed by atoms with Gasteiger partial charge in [0.25, 0.3) is 0 Å². The van der Waals surface area contributed by atoms with E-state index >= 15 is 0 Å². The molecule has 0 N–H and O–H groups in total. The van der Waals surface area contributed by atoms with Gasteiger partial charge >= 0.3 is 0 Å². The second kappa shape index (κ2) is 5.89. The lowest BCUT2D eigenvalue weighted by atomic mass is 9.92. The van der Waals surface area contributed by atoms with Crippen LogP contribution in [0.2, 0.25) is 0 Å². The Labute approximate surface area is 139 Å². The Morgan fingerprint density at radius 3 is 2.83 bits per heavy atom. The maximum absolute atomic E-state index is 12.7. The van der Waals surface area contributed by atoms with Gasteiger partial charge in [-0.1, -0.05) is 6.07 Å². The van der Waals surface area contributed by atoms with Crippen LogP contribution in [-0.4, -0.2) is 30.6 Å². The molecular formula is C18H19NO3S. The van der Waals surface area contributed by atoms with E-state index in [-0.39, 0.29) is 11.9 Å². The highest BCUT2D eigenvalue weighted by molar-refractivity contribution is 7.10. The molecule has 1 aromatic heterocycles. The van der Waals surface area contributed by atoms with Crippen LogP contribution in [0.5, 0.6) is 11.5 Å². The third-order valence-corrected chi connectivity index (χ3v) is 5.45. The quantitative estimate of drug-likeness (QED) is 0.849. The second-order valence-electron chi connectivity index (χ2n) is 5.96. The molecule has 2 aliphatic heterocycles. The van der Waals surface area contributed by atoms with Crippen molar-refractivity contribution >= 4 is 17.2 Å². The van der Waals surface area contributed by atoms with Crippen LogP contribution in [0.3, 0.4) is 0 Å². The number of rotatable bonds is 2. The standard InChI is InChI=1S/C18H19NO3S/c1-12-15-11-17-16(21-6-7-22-17)9-13(15)4-5-19(12)18(20)10-14-3-2-8-23-14/h2-3,8-9,11-12H,4-7,10H2,1H3. The van der Waals surface area contributed by atoms with Gasteiger partial charge in [0.05, 0.1) is 12.5 Å². The molecule has 0 aliphatic carbocycles. The van der Waals surface area contributed by atoms with Gasteiger partial charge in [0.2, 0.25) is 5.91 Å². The fourth-order valence-corrected chi connectivity index (χ4v) is 4.05. The van der Waals surface area contributed by atoms with Crippen molar-refractivity contribution in [3.05, 3.63) is 45.6 Å². The number of nitrogens with zero attached hydrogens (tertiary/aromatic N) is 1. The summed E-state index contributed by atoms with van der Waals surface area (Å²) in [7, 11) is 0. The third-order valence-electron chi connectivity index (χ3n) is 4.57. The number of fused-ring (bicyclic) bond motifs is 2. The lowest BCUT2D eigenvalue weighted by molar-refractivity contribution is -0.133. The first-order chi connectivity index (χ1) is 11.2. The third kappa shape index (κ3) is 2.70. The zero-order valence-electron chi connectivity index (χ0n) is 13.1. The Balaban J connectivity index is 1.58. The molecule has 0 bridgehead atoms. The normalized spacial score (nSPS) is 19.3. The summed E-state index contributed by atoms with van der Waals surface area (Å²) in [6, 6.07) is 8.22. The van der Waals surface area contributed by atoms with Crippen LogP contribution in [0.25, 0.3) is 0 Å². The molecule has 2 aliphatic rings. The van der Waals surface area contributed by atoms with Crippen LogP contribution >= 0.6 is 11.3 Å². The summed E-state index contributed by atoms with van der Waals surface area (Å²) in [5, 5.41) is 2.02.